The fourth-order valence-corrected chi connectivity index (χ4v) is 2.31. The summed E-state index contributed by atoms with van der Waals surface area (Å²) in [5.41, 5.74) is 1.43. The van der Waals surface area contributed by atoms with Gasteiger partial charge in [0.1, 0.15) is 0 Å². The van der Waals surface area contributed by atoms with Gasteiger partial charge in [0.05, 0.1) is 19.3 Å². The number of methoxy groups -OCH3 is 1. The molecule has 0 radical (unpaired) electrons. The van der Waals surface area contributed by atoms with Crippen molar-refractivity contribution in [2.75, 3.05) is 25.6 Å². The Morgan fingerprint density at radius 2 is 1.64 bits per heavy atom. The van der Waals surface area contributed by atoms with Gasteiger partial charge in [-0.15, -0.1) is 0 Å². The van der Waals surface area contributed by atoms with Gasteiger partial charge in [-0.2, -0.15) is 0 Å². The van der Waals surface area contributed by atoms with Crippen LogP contribution in [0.3, 0.4) is 0 Å². The third-order valence-electron chi connectivity index (χ3n) is 3.77. The molecular weight excluding hydrogens is 362 g/mol. The van der Waals surface area contributed by atoms with Crippen LogP contribution in [-0.4, -0.2) is 38.0 Å². The van der Waals surface area contributed by atoms with Crippen LogP contribution in [0.15, 0.2) is 42.5 Å². The zero-order chi connectivity index (χ0) is 20.5. The minimum absolute atomic E-state index is 0.0929. The molecule has 1 amide bonds. The van der Waals surface area contributed by atoms with Crippen molar-refractivity contribution in [2.45, 2.75) is 20.3 Å². The smallest absolute Gasteiger partial charge is 0.338 e. The Morgan fingerprint density at radius 1 is 0.964 bits per heavy atom. The quantitative estimate of drug-likeness (QED) is 0.525. The number of carbonyl (C=O) groups excluding carboxylic acids is 3. The van der Waals surface area contributed by atoms with Crippen molar-refractivity contribution in [1.29, 1.82) is 0 Å². The van der Waals surface area contributed by atoms with Crippen LogP contribution < -0.4 is 14.8 Å². The van der Waals surface area contributed by atoms with Gasteiger partial charge in [-0.1, -0.05) is 6.92 Å². The van der Waals surface area contributed by atoms with E-state index in [0.717, 1.165) is 6.42 Å². The van der Waals surface area contributed by atoms with Crippen molar-refractivity contribution in [2.24, 2.45) is 0 Å². The molecule has 0 fully saturated rings. The zero-order valence-electron chi connectivity index (χ0n) is 16.1. The van der Waals surface area contributed by atoms with E-state index in [4.69, 9.17) is 14.2 Å². The van der Waals surface area contributed by atoms with E-state index in [9.17, 15) is 14.4 Å². The standard InChI is InChI=1S/C21H23NO6/c1-4-11-27-21(25)15-5-8-17(9-6-15)22-20(24)13-28-18-10-7-16(14(2)23)12-19(18)26-3/h5-10,12H,4,11,13H2,1-3H3,(H,22,24). The first-order chi connectivity index (χ1) is 13.4. The lowest BCUT2D eigenvalue weighted by molar-refractivity contribution is -0.118. The molecule has 2 rings (SSSR count). The molecule has 0 aliphatic carbocycles. The number of hydrogen-bond donors (Lipinski definition) is 1. The lowest BCUT2D eigenvalue weighted by atomic mass is 10.1. The van der Waals surface area contributed by atoms with Crippen LogP contribution >= 0.6 is 0 Å². The minimum atomic E-state index is -0.399. The molecule has 1 N–H and O–H groups in total. The number of benzene rings is 2. The fourth-order valence-electron chi connectivity index (χ4n) is 2.31. The lowest BCUT2D eigenvalue weighted by Crippen LogP contribution is -2.20. The van der Waals surface area contributed by atoms with E-state index in [2.05, 4.69) is 5.32 Å². The monoisotopic (exact) mass is 385 g/mol. The molecule has 2 aromatic carbocycles. The van der Waals surface area contributed by atoms with E-state index in [-0.39, 0.29) is 18.3 Å². The van der Waals surface area contributed by atoms with Gasteiger partial charge in [-0.05, 0) is 55.8 Å². The predicted octanol–water partition coefficient (Wildman–Crippen LogP) is 3.48. The molecule has 0 heterocycles. The van der Waals surface area contributed by atoms with Crippen molar-refractivity contribution in [3.05, 3.63) is 53.6 Å². The van der Waals surface area contributed by atoms with Crippen LogP contribution in [0.2, 0.25) is 0 Å². The van der Waals surface area contributed by atoms with Gasteiger partial charge in [0.25, 0.3) is 5.91 Å². The molecule has 0 bridgehead atoms. The summed E-state index contributed by atoms with van der Waals surface area (Å²) in [5.74, 6) is -0.139. The summed E-state index contributed by atoms with van der Waals surface area (Å²) >= 11 is 0. The number of anilines is 1. The average molecular weight is 385 g/mol. The number of amides is 1. The summed E-state index contributed by atoms with van der Waals surface area (Å²) in [5, 5.41) is 2.68. The van der Waals surface area contributed by atoms with Crippen LogP contribution in [-0.2, 0) is 9.53 Å². The molecule has 7 heteroatoms. The number of rotatable bonds is 9. The predicted molar refractivity (Wildman–Crippen MR) is 104 cm³/mol. The number of carbonyl (C=O) groups is 3. The maximum absolute atomic E-state index is 12.1. The maximum Gasteiger partial charge on any atom is 0.338 e. The van der Waals surface area contributed by atoms with Crippen LogP contribution in [0.25, 0.3) is 0 Å². The third-order valence-corrected chi connectivity index (χ3v) is 3.77. The van der Waals surface area contributed by atoms with Gasteiger partial charge >= 0.3 is 5.97 Å². The summed E-state index contributed by atoms with van der Waals surface area (Å²) < 4.78 is 15.7. The Hall–Kier alpha value is -3.35. The molecular formula is C21H23NO6. The summed E-state index contributed by atoms with van der Waals surface area (Å²) in [6.45, 7) is 3.50. The molecule has 0 unspecified atom stereocenters. The van der Waals surface area contributed by atoms with Crippen molar-refractivity contribution < 1.29 is 28.6 Å². The molecule has 0 saturated heterocycles. The molecule has 0 aromatic heterocycles. The zero-order valence-corrected chi connectivity index (χ0v) is 16.1. The summed E-state index contributed by atoms with van der Waals surface area (Å²) in [7, 11) is 1.46. The highest BCUT2D eigenvalue weighted by molar-refractivity contribution is 5.95. The van der Waals surface area contributed by atoms with Crippen molar-refractivity contribution in [3.63, 3.8) is 0 Å². The average Bonchev–Trinajstić information content (AvgIpc) is 2.70. The molecule has 28 heavy (non-hydrogen) atoms. The number of ketones is 1. The van der Waals surface area contributed by atoms with E-state index in [1.54, 1.807) is 42.5 Å². The molecule has 0 aliphatic heterocycles. The summed E-state index contributed by atoms with van der Waals surface area (Å²) in [4.78, 5) is 35.3. The first kappa shape index (κ1) is 21.0. The van der Waals surface area contributed by atoms with Crippen LogP contribution in [0.5, 0.6) is 11.5 Å². The maximum atomic E-state index is 12.1. The van der Waals surface area contributed by atoms with Gasteiger partial charge in [0.2, 0.25) is 0 Å². The number of nitrogens with one attached hydrogen (secondary N) is 1. The van der Waals surface area contributed by atoms with Gasteiger partial charge in [-0.3, -0.25) is 9.59 Å². The van der Waals surface area contributed by atoms with E-state index < -0.39 is 5.97 Å². The molecule has 0 saturated carbocycles. The second-order valence-corrected chi connectivity index (χ2v) is 5.97. The highest BCUT2D eigenvalue weighted by Gasteiger charge is 2.11. The molecule has 0 aliphatic rings. The molecule has 7 nitrogen and oxygen atoms in total. The van der Waals surface area contributed by atoms with Gasteiger partial charge in [0.15, 0.2) is 23.9 Å². The Bertz CT molecular complexity index is 844. The molecule has 0 spiro atoms. The lowest BCUT2D eigenvalue weighted by Gasteiger charge is -2.12. The summed E-state index contributed by atoms with van der Waals surface area (Å²) in [6.07, 6.45) is 0.752. The Labute approximate surface area is 163 Å². The summed E-state index contributed by atoms with van der Waals surface area (Å²) in [6, 6.07) is 11.1. The van der Waals surface area contributed by atoms with Crippen molar-refractivity contribution in [1.82, 2.24) is 0 Å². The normalized spacial score (nSPS) is 10.1. The largest absolute Gasteiger partial charge is 0.493 e. The second-order valence-electron chi connectivity index (χ2n) is 5.97. The number of Topliss-reactive ketones (excluding diaryl/α,β-unsaturated/α-hetero) is 1. The van der Waals surface area contributed by atoms with Crippen LogP contribution in [0.1, 0.15) is 41.0 Å². The third kappa shape index (κ3) is 5.84. The minimum Gasteiger partial charge on any atom is -0.493 e. The fraction of sp³-hybridized carbons (Fsp3) is 0.286. The van der Waals surface area contributed by atoms with Crippen LogP contribution in [0, 0.1) is 0 Å². The van der Waals surface area contributed by atoms with E-state index in [1.165, 1.54) is 14.0 Å². The first-order valence-electron chi connectivity index (χ1n) is 8.83. The number of ether oxygens (including phenoxy) is 3. The first-order valence-corrected chi connectivity index (χ1v) is 8.83. The Kier molecular flexibility index (Phi) is 7.56. The SMILES string of the molecule is CCCOC(=O)c1ccc(NC(=O)COc2ccc(C(C)=O)cc2OC)cc1. The number of esters is 1. The second kappa shape index (κ2) is 10.1. The van der Waals surface area contributed by atoms with E-state index in [1.807, 2.05) is 6.92 Å². The highest BCUT2D eigenvalue weighted by atomic mass is 16.5. The van der Waals surface area contributed by atoms with Crippen molar-refractivity contribution in [3.8, 4) is 11.5 Å². The Morgan fingerprint density at radius 3 is 2.25 bits per heavy atom. The van der Waals surface area contributed by atoms with Gasteiger partial charge < -0.3 is 19.5 Å². The van der Waals surface area contributed by atoms with E-state index in [0.29, 0.717) is 34.9 Å². The molecule has 0 atom stereocenters. The Balaban J connectivity index is 1.92. The molecule has 148 valence electrons. The van der Waals surface area contributed by atoms with Gasteiger partial charge in [0, 0.05) is 11.3 Å². The van der Waals surface area contributed by atoms with Gasteiger partial charge in [-0.25, -0.2) is 4.79 Å². The van der Waals surface area contributed by atoms with Crippen molar-refractivity contribution >= 4 is 23.3 Å². The topological polar surface area (TPSA) is 90.9 Å². The van der Waals surface area contributed by atoms with Crippen LogP contribution in [0.4, 0.5) is 5.69 Å². The number of hydrogen-bond acceptors (Lipinski definition) is 6. The molecule has 2 aromatic rings. The highest BCUT2D eigenvalue weighted by Crippen LogP contribution is 2.28. The van der Waals surface area contributed by atoms with E-state index >= 15 is 0 Å².